The van der Waals surface area contributed by atoms with E-state index in [2.05, 4.69) is 19.7 Å². The van der Waals surface area contributed by atoms with Gasteiger partial charge in [0.15, 0.2) is 0 Å². The SMILES string of the molecule is CCCC[NH+](C)CCCC[NH3+]. The van der Waals surface area contributed by atoms with Crippen LogP contribution >= 0.6 is 0 Å². The minimum atomic E-state index is 1.10. The Kier molecular flexibility index (Phi) is 7.96. The zero-order valence-corrected chi connectivity index (χ0v) is 8.16. The number of hydrogen-bond donors (Lipinski definition) is 2. The Morgan fingerprint density at radius 3 is 2.27 bits per heavy atom. The van der Waals surface area contributed by atoms with Gasteiger partial charge in [-0.25, -0.2) is 0 Å². The van der Waals surface area contributed by atoms with E-state index in [0.717, 1.165) is 6.54 Å². The third kappa shape index (κ3) is 7.82. The van der Waals surface area contributed by atoms with Crippen LogP contribution in [0.25, 0.3) is 0 Å². The first-order valence-electron chi connectivity index (χ1n) is 4.91. The molecule has 0 aromatic rings. The molecule has 0 amide bonds. The van der Waals surface area contributed by atoms with E-state index in [-0.39, 0.29) is 0 Å². The van der Waals surface area contributed by atoms with Crippen LogP contribution < -0.4 is 10.6 Å². The second kappa shape index (κ2) is 8.02. The van der Waals surface area contributed by atoms with E-state index < -0.39 is 0 Å². The second-order valence-corrected chi connectivity index (χ2v) is 3.37. The molecular formula is C9H24N2+2. The highest BCUT2D eigenvalue weighted by molar-refractivity contribution is 4.34. The molecule has 2 nitrogen and oxygen atoms in total. The minimum Gasteiger partial charge on any atom is -0.358 e. The van der Waals surface area contributed by atoms with E-state index >= 15 is 0 Å². The van der Waals surface area contributed by atoms with Crippen molar-refractivity contribution in [1.82, 2.24) is 0 Å². The van der Waals surface area contributed by atoms with Crippen molar-refractivity contribution < 1.29 is 10.6 Å². The quantitative estimate of drug-likeness (QED) is 0.463. The molecule has 1 unspecified atom stereocenters. The Hall–Kier alpha value is -0.0800. The lowest BCUT2D eigenvalue weighted by atomic mass is 10.3. The Bertz CT molecular complexity index is 74.0. The third-order valence-electron chi connectivity index (χ3n) is 2.06. The van der Waals surface area contributed by atoms with Gasteiger partial charge in [0.25, 0.3) is 0 Å². The zero-order chi connectivity index (χ0) is 8.53. The molecule has 0 rings (SSSR count). The molecule has 0 aliphatic carbocycles. The summed E-state index contributed by atoms with van der Waals surface area (Å²) in [5.41, 5.74) is 3.84. The Morgan fingerprint density at radius 1 is 1.09 bits per heavy atom. The number of nitrogens with one attached hydrogen (secondary N) is 1. The molecule has 0 aromatic heterocycles. The number of quaternary nitrogens is 2. The lowest BCUT2D eigenvalue weighted by Gasteiger charge is -2.12. The first-order valence-corrected chi connectivity index (χ1v) is 4.91. The van der Waals surface area contributed by atoms with Crippen molar-refractivity contribution in [3.8, 4) is 0 Å². The average Bonchev–Trinajstić information content (AvgIpc) is 2.01. The van der Waals surface area contributed by atoms with E-state index in [9.17, 15) is 0 Å². The van der Waals surface area contributed by atoms with Crippen LogP contribution in [0.1, 0.15) is 32.6 Å². The summed E-state index contributed by atoms with van der Waals surface area (Å²) in [4.78, 5) is 1.68. The summed E-state index contributed by atoms with van der Waals surface area (Å²) in [6.45, 7) is 6.02. The van der Waals surface area contributed by atoms with Crippen LogP contribution in [-0.4, -0.2) is 26.7 Å². The van der Waals surface area contributed by atoms with Crippen molar-refractivity contribution in [3.05, 3.63) is 0 Å². The van der Waals surface area contributed by atoms with Crippen molar-refractivity contribution in [2.24, 2.45) is 0 Å². The highest BCUT2D eigenvalue weighted by atomic mass is 15.1. The maximum absolute atomic E-state index is 3.84. The summed E-state index contributed by atoms with van der Waals surface area (Å²) in [6.07, 6.45) is 5.34. The predicted molar refractivity (Wildman–Crippen MR) is 48.5 cm³/mol. The average molecular weight is 160 g/mol. The van der Waals surface area contributed by atoms with Crippen molar-refractivity contribution in [2.45, 2.75) is 32.6 Å². The molecule has 0 aliphatic heterocycles. The Labute approximate surface area is 70.8 Å². The maximum Gasteiger partial charge on any atom is 0.0771 e. The van der Waals surface area contributed by atoms with Gasteiger partial charge in [0.05, 0.1) is 26.7 Å². The van der Waals surface area contributed by atoms with Crippen LogP contribution in [0, 0.1) is 0 Å². The van der Waals surface area contributed by atoms with Crippen molar-refractivity contribution in [3.63, 3.8) is 0 Å². The summed E-state index contributed by atoms with van der Waals surface area (Å²) in [6, 6.07) is 0. The van der Waals surface area contributed by atoms with Gasteiger partial charge in [0.1, 0.15) is 0 Å². The van der Waals surface area contributed by atoms with Crippen molar-refractivity contribution in [2.75, 3.05) is 26.7 Å². The lowest BCUT2D eigenvalue weighted by molar-refractivity contribution is -0.880. The lowest BCUT2D eigenvalue weighted by Crippen LogP contribution is -3.09. The van der Waals surface area contributed by atoms with Crippen LogP contribution in [0.2, 0.25) is 0 Å². The van der Waals surface area contributed by atoms with Crippen LogP contribution in [0.15, 0.2) is 0 Å². The standard InChI is InChI=1S/C9H22N2/c1-3-4-8-11(2)9-6-5-7-10/h3-10H2,1-2H3/p+2. The fraction of sp³-hybridized carbons (Fsp3) is 1.00. The van der Waals surface area contributed by atoms with E-state index in [4.69, 9.17) is 0 Å². The summed E-state index contributed by atoms with van der Waals surface area (Å²) >= 11 is 0. The van der Waals surface area contributed by atoms with Gasteiger partial charge in [-0.2, -0.15) is 0 Å². The van der Waals surface area contributed by atoms with Crippen LogP contribution in [0.4, 0.5) is 0 Å². The van der Waals surface area contributed by atoms with Crippen LogP contribution in [-0.2, 0) is 0 Å². The second-order valence-electron chi connectivity index (χ2n) is 3.37. The molecule has 0 saturated heterocycles. The van der Waals surface area contributed by atoms with Gasteiger partial charge >= 0.3 is 0 Å². The summed E-state index contributed by atoms with van der Waals surface area (Å²) in [7, 11) is 2.29. The molecule has 0 spiro atoms. The van der Waals surface area contributed by atoms with Gasteiger partial charge in [-0.1, -0.05) is 13.3 Å². The molecular weight excluding hydrogens is 136 g/mol. The minimum absolute atomic E-state index is 1.10. The molecule has 68 valence electrons. The summed E-state index contributed by atoms with van der Waals surface area (Å²) in [5, 5.41) is 0. The largest absolute Gasteiger partial charge is 0.358 e. The van der Waals surface area contributed by atoms with Gasteiger partial charge in [-0.05, 0) is 6.42 Å². The highest BCUT2D eigenvalue weighted by Gasteiger charge is 1.99. The van der Waals surface area contributed by atoms with Gasteiger partial charge in [-0.15, -0.1) is 0 Å². The fourth-order valence-electron chi connectivity index (χ4n) is 1.21. The topological polar surface area (TPSA) is 32.1 Å². The Morgan fingerprint density at radius 2 is 1.73 bits per heavy atom. The number of unbranched alkanes of at least 4 members (excludes halogenated alkanes) is 2. The smallest absolute Gasteiger partial charge is 0.0771 e. The van der Waals surface area contributed by atoms with Crippen LogP contribution in [0.5, 0.6) is 0 Å². The maximum atomic E-state index is 3.84. The van der Waals surface area contributed by atoms with E-state index in [1.54, 1.807) is 4.90 Å². The molecule has 0 bridgehead atoms. The van der Waals surface area contributed by atoms with Crippen molar-refractivity contribution >= 4 is 0 Å². The monoisotopic (exact) mass is 160 g/mol. The molecule has 0 saturated carbocycles. The first-order chi connectivity index (χ1) is 5.31. The van der Waals surface area contributed by atoms with Crippen molar-refractivity contribution in [1.29, 1.82) is 0 Å². The van der Waals surface area contributed by atoms with E-state index in [1.165, 1.54) is 38.8 Å². The molecule has 0 aromatic carbocycles. The normalized spacial score (nSPS) is 13.4. The van der Waals surface area contributed by atoms with E-state index in [1.807, 2.05) is 0 Å². The van der Waals surface area contributed by atoms with Crippen LogP contribution in [0.3, 0.4) is 0 Å². The molecule has 1 atom stereocenters. The molecule has 0 radical (unpaired) electrons. The molecule has 2 heteroatoms. The number of hydrogen-bond acceptors (Lipinski definition) is 0. The molecule has 0 aliphatic rings. The Balaban J connectivity index is 3.02. The number of rotatable bonds is 7. The van der Waals surface area contributed by atoms with Gasteiger partial charge in [0, 0.05) is 12.8 Å². The fourth-order valence-corrected chi connectivity index (χ4v) is 1.21. The third-order valence-corrected chi connectivity index (χ3v) is 2.06. The molecule has 0 fully saturated rings. The highest BCUT2D eigenvalue weighted by Crippen LogP contribution is 1.81. The van der Waals surface area contributed by atoms with Gasteiger partial charge < -0.3 is 10.6 Å². The first kappa shape index (κ1) is 10.9. The summed E-state index contributed by atoms with van der Waals surface area (Å²) in [5.74, 6) is 0. The van der Waals surface area contributed by atoms with Gasteiger partial charge in [0.2, 0.25) is 0 Å². The summed E-state index contributed by atoms with van der Waals surface area (Å²) < 4.78 is 0. The molecule has 4 N–H and O–H groups in total. The predicted octanol–water partition coefficient (Wildman–Crippen LogP) is -0.677. The van der Waals surface area contributed by atoms with Gasteiger partial charge in [-0.3, -0.25) is 0 Å². The van der Waals surface area contributed by atoms with E-state index in [0.29, 0.717) is 0 Å². The molecule has 11 heavy (non-hydrogen) atoms. The molecule has 0 heterocycles. The zero-order valence-electron chi connectivity index (χ0n) is 8.16.